The second kappa shape index (κ2) is 11.7. The van der Waals surface area contributed by atoms with Gasteiger partial charge in [0.05, 0.1) is 50.7 Å². The van der Waals surface area contributed by atoms with E-state index in [1.165, 1.54) is 14.2 Å². The van der Waals surface area contributed by atoms with Crippen molar-refractivity contribution in [1.82, 2.24) is 0 Å². The molecule has 0 atom stereocenters. The van der Waals surface area contributed by atoms with Gasteiger partial charge in [0.1, 0.15) is 29.2 Å². The van der Waals surface area contributed by atoms with Crippen LogP contribution in [-0.4, -0.2) is 51.4 Å². The number of hydrogen-bond acceptors (Lipinski definition) is 9. The second-order valence-electron chi connectivity index (χ2n) is 5.64. The number of esters is 2. The van der Waals surface area contributed by atoms with Gasteiger partial charge in [0.15, 0.2) is 5.84 Å². The molecule has 0 aliphatic carbocycles. The number of amidine groups is 1. The number of carbonyl (C=O) groups is 2. The van der Waals surface area contributed by atoms with Crippen LogP contribution in [0.25, 0.3) is 0 Å². The van der Waals surface area contributed by atoms with Gasteiger partial charge < -0.3 is 29.9 Å². The predicted molar refractivity (Wildman–Crippen MR) is 106 cm³/mol. The summed E-state index contributed by atoms with van der Waals surface area (Å²) < 4.78 is 45.3. The summed E-state index contributed by atoms with van der Waals surface area (Å²) in [6, 6.07) is 5.88. The van der Waals surface area contributed by atoms with Crippen molar-refractivity contribution >= 4 is 17.8 Å². The van der Waals surface area contributed by atoms with Gasteiger partial charge in [0.25, 0.3) is 0 Å². The number of hydrogen-bond donors (Lipinski definition) is 2. The highest BCUT2D eigenvalue weighted by atomic mass is 19.1. The number of nitrogens with two attached hydrogens (primary N) is 1. The number of benzene rings is 2. The molecule has 0 spiro atoms. The monoisotopic (exact) mass is 451 g/mol. The molecule has 0 bridgehead atoms. The first-order valence-corrected chi connectivity index (χ1v) is 8.48. The molecular formula is C20H19F2N3O7. The van der Waals surface area contributed by atoms with Crippen molar-refractivity contribution in [3.8, 4) is 17.6 Å². The largest absolute Gasteiger partial charge is 0.496 e. The predicted octanol–water partition coefficient (Wildman–Crippen LogP) is 2.21. The molecule has 32 heavy (non-hydrogen) atoms. The van der Waals surface area contributed by atoms with Gasteiger partial charge in [0, 0.05) is 0 Å². The highest BCUT2D eigenvalue weighted by Crippen LogP contribution is 2.24. The van der Waals surface area contributed by atoms with E-state index in [4.69, 9.17) is 25.7 Å². The molecule has 2 aromatic rings. The summed E-state index contributed by atoms with van der Waals surface area (Å²) in [4.78, 5) is 22.3. The van der Waals surface area contributed by atoms with Crippen LogP contribution in [0.1, 0.15) is 31.8 Å². The van der Waals surface area contributed by atoms with E-state index in [1.54, 1.807) is 6.07 Å². The molecule has 10 nitrogen and oxygen atoms in total. The zero-order valence-corrected chi connectivity index (χ0v) is 17.4. The number of carbonyl (C=O) groups excluding carboxylic acids is 2. The smallest absolute Gasteiger partial charge is 0.340 e. The minimum absolute atomic E-state index is 0.0302. The van der Waals surface area contributed by atoms with E-state index < -0.39 is 23.6 Å². The summed E-state index contributed by atoms with van der Waals surface area (Å²) in [5.74, 6) is -3.39. The standard InChI is InChI=1S/C10H11FN2O4.C10H8FNO3/c1-16-8-4-5(10(14)17-2)7(11)3-6(8)9(12)13-15;1-14-9-4-7(10(13)15-2)8(11)3-6(9)5-12/h3-4,15H,1-2H3,(H2,12,13);3-4H,1-2H3. The van der Waals surface area contributed by atoms with Crippen LogP contribution < -0.4 is 15.2 Å². The first kappa shape index (κ1) is 25.6. The molecule has 0 fully saturated rings. The molecule has 0 aliphatic rings. The molecule has 0 amide bonds. The highest BCUT2D eigenvalue weighted by Gasteiger charge is 2.19. The van der Waals surface area contributed by atoms with Crippen LogP contribution in [0.3, 0.4) is 0 Å². The molecule has 3 N–H and O–H groups in total. The van der Waals surface area contributed by atoms with E-state index in [0.29, 0.717) is 0 Å². The third kappa shape index (κ3) is 5.82. The SMILES string of the molecule is COC(=O)c1cc(OC)c(C#N)cc1F.COC(=O)c1cc(OC)c(C(N)=NO)cc1F. The summed E-state index contributed by atoms with van der Waals surface area (Å²) >= 11 is 0. The van der Waals surface area contributed by atoms with Gasteiger partial charge in [-0.15, -0.1) is 0 Å². The van der Waals surface area contributed by atoms with Crippen LogP contribution in [0, 0.1) is 23.0 Å². The van der Waals surface area contributed by atoms with Gasteiger partial charge in [-0.2, -0.15) is 5.26 Å². The summed E-state index contributed by atoms with van der Waals surface area (Å²) in [5.41, 5.74) is 4.86. The Bertz CT molecular complexity index is 1080. The van der Waals surface area contributed by atoms with Gasteiger partial charge in [0.2, 0.25) is 0 Å². The average molecular weight is 451 g/mol. The van der Waals surface area contributed by atoms with Crippen LogP contribution in [0.5, 0.6) is 11.5 Å². The number of halogens is 2. The Balaban J connectivity index is 0.000000323. The van der Waals surface area contributed by atoms with Crippen LogP contribution in [-0.2, 0) is 9.47 Å². The molecule has 0 radical (unpaired) electrons. The molecule has 0 aromatic heterocycles. The van der Waals surface area contributed by atoms with Gasteiger partial charge in [-0.05, 0) is 24.3 Å². The van der Waals surface area contributed by atoms with E-state index >= 15 is 0 Å². The molecule has 12 heteroatoms. The van der Waals surface area contributed by atoms with Crippen molar-refractivity contribution in [2.75, 3.05) is 28.4 Å². The Morgan fingerprint density at radius 1 is 0.906 bits per heavy atom. The zero-order valence-electron chi connectivity index (χ0n) is 17.4. The maximum absolute atomic E-state index is 13.6. The second-order valence-corrected chi connectivity index (χ2v) is 5.64. The Morgan fingerprint density at radius 2 is 1.38 bits per heavy atom. The van der Waals surface area contributed by atoms with Crippen LogP contribution >= 0.6 is 0 Å². The first-order chi connectivity index (χ1) is 15.2. The lowest BCUT2D eigenvalue weighted by Gasteiger charge is -2.09. The maximum atomic E-state index is 13.6. The maximum Gasteiger partial charge on any atom is 0.340 e. The molecule has 0 saturated heterocycles. The highest BCUT2D eigenvalue weighted by molar-refractivity contribution is 6.01. The minimum atomic E-state index is -0.848. The molecular weight excluding hydrogens is 432 g/mol. The third-order valence-corrected chi connectivity index (χ3v) is 3.89. The molecule has 2 aromatic carbocycles. The molecule has 0 unspecified atom stereocenters. The van der Waals surface area contributed by atoms with E-state index in [2.05, 4.69) is 14.6 Å². The minimum Gasteiger partial charge on any atom is -0.496 e. The molecule has 0 saturated carbocycles. The lowest BCUT2D eigenvalue weighted by atomic mass is 10.1. The Hall–Kier alpha value is -4.40. The quantitative estimate of drug-likeness (QED) is 0.229. The lowest BCUT2D eigenvalue weighted by Crippen LogP contribution is -2.16. The van der Waals surface area contributed by atoms with Gasteiger partial charge in [-0.3, -0.25) is 0 Å². The number of ether oxygens (including phenoxy) is 4. The third-order valence-electron chi connectivity index (χ3n) is 3.89. The normalized spacial score (nSPS) is 10.2. The van der Waals surface area contributed by atoms with Crippen LogP contribution in [0.4, 0.5) is 8.78 Å². The summed E-state index contributed by atoms with van der Waals surface area (Å²) in [6.07, 6.45) is 0. The fraction of sp³-hybridized carbons (Fsp3) is 0.200. The van der Waals surface area contributed by atoms with E-state index in [1.807, 2.05) is 0 Å². The Kier molecular flexibility index (Phi) is 9.37. The molecule has 0 heterocycles. The van der Waals surface area contributed by atoms with Crippen molar-refractivity contribution in [1.29, 1.82) is 5.26 Å². The van der Waals surface area contributed by atoms with Crippen molar-refractivity contribution in [3.05, 3.63) is 58.2 Å². The van der Waals surface area contributed by atoms with E-state index in [-0.39, 0.29) is 39.6 Å². The van der Waals surface area contributed by atoms with Crippen LogP contribution in [0.15, 0.2) is 29.4 Å². The van der Waals surface area contributed by atoms with Crippen molar-refractivity contribution in [2.24, 2.45) is 10.9 Å². The average Bonchev–Trinajstić information content (AvgIpc) is 2.82. The number of oxime groups is 1. The Labute approximate surface area is 181 Å². The summed E-state index contributed by atoms with van der Waals surface area (Å²) in [5, 5.41) is 19.9. The topological polar surface area (TPSA) is 153 Å². The Morgan fingerprint density at radius 3 is 1.78 bits per heavy atom. The molecule has 2 rings (SSSR count). The van der Waals surface area contributed by atoms with Gasteiger partial charge in [-0.25, -0.2) is 18.4 Å². The number of rotatable bonds is 5. The van der Waals surface area contributed by atoms with Crippen molar-refractivity contribution in [3.63, 3.8) is 0 Å². The summed E-state index contributed by atoms with van der Waals surface area (Å²) in [6.45, 7) is 0. The lowest BCUT2D eigenvalue weighted by molar-refractivity contribution is 0.0586. The zero-order chi connectivity index (χ0) is 24.4. The van der Waals surface area contributed by atoms with Gasteiger partial charge >= 0.3 is 11.9 Å². The fourth-order valence-electron chi connectivity index (χ4n) is 2.32. The molecule has 170 valence electrons. The van der Waals surface area contributed by atoms with E-state index in [9.17, 15) is 18.4 Å². The number of nitrogens with zero attached hydrogens (tertiary/aromatic N) is 2. The molecule has 0 aliphatic heterocycles. The number of nitriles is 1. The van der Waals surface area contributed by atoms with Crippen molar-refractivity contribution < 1.29 is 42.5 Å². The van der Waals surface area contributed by atoms with E-state index in [0.717, 1.165) is 38.5 Å². The van der Waals surface area contributed by atoms with Crippen molar-refractivity contribution in [2.45, 2.75) is 0 Å². The summed E-state index contributed by atoms with van der Waals surface area (Å²) in [7, 11) is 4.91. The number of methoxy groups -OCH3 is 4. The van der Waals surface area contributed by atoms with Gasteiger partial charge in [-0.1, -0.05) is 5.16 Å². The van der Waals surface area contributed by atoms with Crippen LogP contribution in [0.2, 0.25) is 0 Å². The first-order valence-electron chi connectivity index (χ1n) is 8.48. The fourth-order valence-corrected chi connectivity index (χ4v) is 2.32.